The van der Waals surface area contributed by atoms with E-state index < -0.39 is 22.9 Å². The van der Waals surface area contributed by atoms with Crippen molar-refractivity contribution in [1.82, 2.24) is 9.78 Å². The standard InChI is InChI=1S/C11H7FN2O3/c12-7-2-1-3-8(6-7)14-5-4-9(15)10(13-14)11(16)17/h1-6H,(H,16,17). The van der Waals surface area contributed by atoms with E-state index in [0.29, 0.717) is 5.69 Å². The summed E-state index contributed by atoms with van der Waals surface area (Å²) in [6, 6.07) is 6.52. The topological polar surface area (TPSA) is 72.2 Å². The molecule has 1 aromatic heterocycles. The highest BCUT2D eigenvalue weighted by Crippen LogP contribution is 2.07. The van der Waals surface area contributed by atoms with Crippen LogP contribution in [0.3, 0.4) is 0 Å². The Morgan fingerprint density at radius 2 is 2.12 bits per heavy atom. The van der Waals surface area contributed by atoms with Crippen molar-refractivity contribution in [1.29, 1.82) is 0 Å². The van der Waals surface area contributed by atoms with Crippen LogP contribution in [0, 0.1) is 5.82 Å². The van der Waals surface area contributed by atoms with Crippen molar-refractivity contribution < 1.29 is 14.3 Å². The molecule has 0 unspecified atom stereocenters. The molecule has 0 aliphatic heterocycles. The Kier molecular flexibility index (Phi) is 2.70. The van der Waals surface area contributed by atoms with Crippen molar-refractivity contribution in [3.63, 3.8) is 0 Å². The first-order valence-corrected chi connectivity index (χ1v) is 4.67. The minimum Gasteiger partial charge on any atom is -0.476 e. The number of carboxylic acid groups (broad SMARTS) is 1. The number of hydrogen-bond donors (Lipinski definition) is 1. The summed E-state index contributed by atoms with van der Waals surface area (Å²) in [7, 11) is 0. The Morgan fingerprint density at radius 3 is 2.76 bits per heavy atom. The Balaban J connectivity index is 2.58. The molecule has 0 aliphatic rings. The molecule has 6 heteroatoms. The van der Waals surface area contributed by atoms with E-state index in [9.17, 15) is 14.0 Å². The number of halogens is 1. The van der Waals surface area contributed by atoms with Crippen molar-refractivity contribution in [2.24, 2.45) is 0 Å². The van der Waals surface area contributed by atoms with Gasteiger partial charge in [0.1, 0.15) is 5.82 Å². The van der Waals surface area contributed by atoms with Gasteiger partial charge in [-0.3, -0.25) is 4.79 Å². The molecule has 1 N–H and O–H groups in total. The zero-order valence-corrected chi connectivity index (χ0v) is 8.50. The monoisotopic (exact) mass is 234 g/mol. The smallest absolute Gasteiger partial charge is 0.360 e. The van der Waals surface area contributed by atoms with Gasteiger partial charge in [-0.15, -0.1) is 0 Å². The number of benzene rings is 1. The molecule has 0 saturated carbocycles. The molecule has 2 aromatic rings. The molecular weight excluding hydrogens is 227 g/mol. The predicted octanol–water partition coefficient (Wildman–Crippen LogP) is 1.07. The van der Waals surface area contributed by atoms with Gasteiger partial charge in [0.05, 0.1) is 5.69 Å². The van der Waals surface area contributed by atoms with Crippen molar-refractivity contribution >= 4 is 5.97 Å². The second-order valence-electron chi connectivity index (χ2n) is 3.26. The maximum atomic E-state index is 13.0. The maximum Gasteiger partial charge on any atom is 0.360 e. The first-order chi connectivity index (χ1) is 8.08. The summed E-state index contributed by atoms with van der Waals surface area (Å²) in [5.41, 5.74) is -0.950. The quantitative estimate of drug-likeness (QED) is 0.843. The summed E-state index contributed by atoms with van der Waals surface area (Å²) in [6.45, 7) is 0. The molecule has 0 bridgehead atoms. The summed E-state index contributed by atoms with van der Waals surface area (Å²) in [6.07, 6.45) is 1.28. The van der Waals surface area contributed by atoms with Crippen LogP contribution < -0.4 is 5.43 Å². The number of rotatable bonds is 2. The average molecular weight is 234 g/mol. The molecule has 0 fully saturated rings. The molecule has 0 spiro atoms. The van der Waals surface area contributed by atoms with E-state index in [1.54, 1.807) is 6.07 Å². The van der Waals surface area contributed by atoms with Crippen LogP contribution in [0.2, 0.25) is 0 Å². The van der Waals surface area contributed by atoms with Crippen LogP contribution >= 0.6 is 0 Å². The zero-order valence-electron chi connectivity index (χ0n) is 8.50. The molecule has 2 rings (SSSR count). The van der Waals surface area contributed by atoms with Crippen LogP contribution in [0.15, 0.2) is 41.3 Å². The van der Waals surface area contributed by atoms with Gasteiger partial charge in [0.25, 0.3) is 0 Å². The summed E-state index contributed by atoms with van der Waals surface area (Å²) in [4.78, 5) is 21.9. The first-order valence-electron chi connectivity index (χ1n) is 4.67. The summed E-state index contributed by atoms with van der Waals surface area (Å²) < 4.78 is 14.1. The minimum atomic E-state index is -1.42. The molecule has 1 heterocycles. The van der Waals surface area contributed by atoms with Gasteiger partial charge in [0.2, 0.25) is 11.1 Å². The summed E-state index contributed by atoms with van der Waals surface area (Å²) >= 11 is 0. The van der Waals surface area contributed by atoms with E-state index in [2.05, 4.69) is 5.10 Å². The van der Waals surface area contributed by atoms with E-state index in [4.69, 9.17) is 5.11 Å². The molecule has 0 saturated heterocycles. The zero-order chi connectivity index (χ0) is 12.4. The predicted molar refractivity (Wildman–Crippen MR) is 56.8 cm³/mol. The molecule has 5 nitrogen and oxygen atoms in total. The Hall–Kier alpha value is -2.50. The third-order valence-corrected chi connectivity index (χ3v) is 2.08. The lowest BCUT2D eigenvalue weighted by molar-refractivity contribution is 0.0687. The van der Waals surface area contributed by atoms with Crippen LogP contribution in [-0.4, -0.2) is 20.9 Å². The summed E-state index contributed by atoms with van der Waals surface area (Å²) in [5.74, 6) is -1.89. The second kappa shape index (κ2) is 4.17. The first kappa shape index (κ1) is 11.0. The fraction of sp³-hybridized carbons (Fsp3) is 0. The van der Waals surface area contributed by atoms with Crippen LogP contribution in [0.1, 0.15) is 10.5 Å². The number of nitrogens with zero attached hydrogens (tertiary/aromatic N) is 2. The molecule has 86 valence electrons. The van der Waals surface area contributed by atoms with Crippen molar-refractivity contribution in [3.05, 3.63) is 58.3 Å². The van der Waals surface area contributed by atoms with Gasteiger partial charge in [0, 0.05) is 12.3 Å². The fourth-order valence-corrected chi connectivity index (χ4v) is 1.32. The lowest BCUT2D eigenvalue weighted by Crippen LogP contribution is -2.20. The van der Waals surface area contributed by atoms with Gasteiger partial charge in [-0.05, 0) is 18.2 Å². The normalized spacial score (nSPS) is 10.2. The number of aromatic carboxylic acids is 1. The molecule has 1 aromatic carbocycles. The van der Waals surface area contributed by atoms with Crippen LogP contribution in [0.25, 0.3) is 5.69 Å². The van der Waals surface area contributed by atoms with Gasteiger partial charge in [-0.25, -0.2) is 13.9 Å². The second-order valence-corrected chi connectivity index (χ2v) is 3.26. The fourth-order valence-electron chi connectivity index (χ4n) is 1.32. The van der Waals surface area contributed by atoms with Crippen LogP contribution in [0.4, 0.5) is 4.39 Å². The molecule has 0 aliphatic carbocycles. The third-order valence-electron chi connectivity index (χ3n) is 2.08. The van der Waals surface area contributed by atoms with E-state index in [1.807, 2.05) is 0 Å². The van der Waals surface area contributed by atoms with E-state index in [-0.39, 0.29) is 0 Å². The van der Waals surface area contributed by atoms with Gasteiger partial charge >= 0.3 is 5.97 Å². The van der Waals surface area contributed by atoms with Crippen molar-refractivity contribution in [2.75, 3.05) is 0 Å². The maximum absolute atomic E-state index is 13.0. The molecule has 17 heavy (non-hydrogen) atoms. The van der Waals surface area contributed by atoms with Gasteiger partial charge in [-0.1, -0.05) is 6.07 Å². The minimum absolute atomic E-state index is 0.340. The van der Waals surface area contributed by atoms with Gasteiger partial charge in [-0.2, -0.15) is 5.10 Å². The lowest BCUT2D eigenvalue weighted by Gasteiger charge is -2.05. The van der Waals surface area contributed by atoms with E-state index >= 15 is 0 Å². The summed E-state index contributed by atoms with van der Waals surface area (Å²) in [5, 5.41) is 12.4. The molecular formula is C11H7FN2O3. The van der Waals surface area contributed by atoms with Crippen molar-refractivity contribution in [2.45, 2.75) is 0 Å². The van der Waals surface area contributed by atoms with Crippen LogP contribution in [-0.2, 0) is 0 Å². The van der Waals surface area contributed by atoms with Gasteiger partial charge < -0.3 is 5.11 Å². The molecule has 0 atom stereocenters. The number of hydrogen-bond acceptors (Lipinski definition) is 3. The van der Waals surface area contributed by atoms with Gasteiger partial charge in [0.15, 0.2) is 0 Å². The van der Waals surface area contributed by atoms with Crippen molar-refractivity contribution in [3.8, 4) is 5.69 Å². The molecule has 0 radical (unpaired) electrons. The third kappa shape index (κ3) is 2.20. The highest BCUT2D eigenvalue weighted by atomic mass is 19.1. The average Bonchev–Trinajstić information content (AvgIpc) is 2.29. The van der Waals surface area contributed by atoms with Crippen LogP contribution in [0.5, 0.6) is 0 Å². The molecule has 0 amide bonds. The number of carboxylic acids is 1. The van der Waals surface area contributed by atoms with E-state index in [0.717, 1.165) is 10.7 Å². The lowest BCUT2D eigenvalue weighted by atomic mass is 10.3. The SMILES string of the molecule is O=C(O)c1nn(-c2cccc(F)c2)ccc1=O. The Morgan fingerprint density at radius 1 is 1.35 bits per heavy atom. The number of aromatic nitrogens is 2. The number of carbonyl (C=O) groups is 1. The Labute approximate surface area is 94.8 Å². The highest BCUT2D eigenvalue weighted by molar-refractivity contribution is 5.84. The largest absolute Gasteiger partial charge is 0.476 e. The highest BCUT2D eigenvalue weighted by Gasteiger charge is 2.11. The van der Waals surface area contributed by atoms with E-state index in [1.165, 1.54) is 24.4 Å². The Bertz CT molecular complexity index is 637.